The minimum atomic E-state index is -0.953. The zero-order chi connectivity index (χ0) is 49.0. The smallest absolute Gasteiger partial charge is 0.309 e. The van der Waals surface area contributed by atoms with Crippen LogP contribution >= 0.6 is 0 Å². The van der Waals surface area contributed by atoms with Gasteiger partial charge in [-0.2, -0.15) is 0 Å². The van der Waals surface area contributed by atoms with Crippen molar-refractivity contribution >= 4 is 23.9 Å². The summed E-state index contributed by atoms with van der Waals surface area (Å²) in [6.07, 6.45) is 36.1. The molecular formula is C58H110O8. The van der Waals surface area contributed by atoms with Crippen LogP contribution in [0.25, 0.3) is 0 Å². The van der Waals surface area contributed by atoms with Crippen LogP contribution in [0, 0.1) is 41.4 Å². The lowest BCUT2D eigenvalue weighted by atomic mass is 9.84. The molecule has 66 heavy (non-hydrogen) atoms. The number of ether oxygens (including phenoxy) is 4. The number of hydrogen-bond acceptors (Lipinski definition) is 8. The highest BCUT2D eigenvalue weighted by atomic mass is 16.5. The van der Waals surface area contributed by atoms with E-state index in [-0.39, 0.29) is 26.1 Å². The Hall–Kier alpha value is -2.12. The number of unbranched alkanes of at least 4 members (excludes halogenated alkanes) is 24. The third-order valence-electron chi connectivity index (χ3n) is 13.3. The van der Waals surface area contributed by atoms with E-state index in [0.717, 1.165) is 101 Å². The lowest BCUT2D eigenvalue weighted by Crippen LogP contribution is -2.35. The number of esters is 4. The van der Waals surface area contributed by atoms with Gasteiger partial charge >= 0.3 is 23.9 Å². The van der Waals surface area contributed by atoms with Crippen molar-refractivity contribution in [1.29, 1.82) is 0 Å². The molecule has 0 rings (SSSR count). The highest BCUT2D eigenvalue weighted by molar-refractivity contribution is 5.84. The van der Waals surface area contributed by atoms with Gasteiger partial charge in [0, 0.05) is 0 Å². The molecule has 0 spiro atoms. The molecule has 0 aromatic rings. The van der Waals surface area contributed by atoms with Crippen molar-refractivity contribution in [3.8, 4) is 0 Å². The molecule has 0 bridgehead atoms. The third kappa shape index (κ3) is 42.0. The largest absolute Gasteiger partial charge is 0.466 e. The van der Waals surface area contributed by atoms with Gasteiger partial charge < -0.3 is 18.9 Å². The second-order valence-corrected chi connectivity index (χ2v) is 21.9. The van der Waals surface area contributed by atoms with Gasteiger partial charge in [-0.05, 0) is 55.8 Å². The zero-order valence-electron chi connectivity index (χ0n) is 45.2. The predicted octanol–water partition coefficient (Wildman–Crippen LogP) is 16.9. The zero-order valence-corrected chi connectivity index (χ0v) is 45.2. The molecule has 8 heteroatoms. The fourth-order valence-corrected chi connectivity index (χ4v) is 8.71. The van der Waals surface area contributed by atoms with Crippen LogP contribution in [0.2, 0.25) is 0 Å². The molecule has 0 aliphatic carbocycles. The minimum Gasteiger partial charge on any atom is -0.466 e. The van der Waals surface area contributed by atoms with Gasteiger partial charge in [0.1, 0.15) is 0 Å². The van der Waals surface area contributed by atoms with Gasteiger partial charge in [0.25, 0.3) is 0 Å². The van der Waals surface area contributed by atoms with Gasteiger partial charge in [-0.1, -0.05) is 242 Å². The lowest BCUT2D eigenvalue weighted by Gasteiger charge is -2.25. The fourth-order valence-electron chi connectivity index (χ4n) is 8.71. The maximum absolute atomic E-state index is 13.9. The van der Waals surface area contributed by atoms with Crippen molar-refractivity contribution in [2.45, 2.75) is 281 Å². The van der Waals surface area contributed by atoms with Crippen LogP contribution in [0.1, 0.15) is 281 Å². The van der Waals surface area contributed by atoms with Crippen LogP contribution in [-0.2, 0) is 38.1 Å². The molecule has 0 aromatic heterocycles. The van der Waals surface area contributed by atoms with Crippen LogP contribution in [0.5, 0.6) is 0 Å². The lowest BCUT2D eigenvalue weighted by molar-refractivity contribution is -0.164. The van der Waals surface area contributed by atoms with Crippen molar-refractivity contribution in [3.05, 3.63) is 0 Å². The van der Waals surface area contributed by atoms with E-state index in [0.29, 0.717) is 13.2 Å². The van der Waals surface area contributed by atoms with Gasteiger partial charge in [-0.25, -0.2) is 0 Å². The molecule has 3 unspecified atom stereocenters. The van der Waals surface area contributed by atoms with E-state index in [1.165, 1.54) is 128 Å². The van der Waals surface area contributed by atoms with Gasteiger partial charge in [-0.3, -0.25) is 19.2 Å². The summed E-state index contributed by atoms with van der Waals surface area (Å²) in [6, 6.07) is 0. The first-order chi connectivity index (χ1) is 31.7. The molecule has 0 saturated carbocycles. The summed E-state index contributed by atoms with van der Waals surface area (Å²) in [5.41, 5.74) is 0. The summed E-state index contributed by atoms with van der Waals surface area (Å²) >= 11 is 0. The maximum Gasteiger partial charge on any atom is 0.309 e. The molecule has 0 saturated heterocycles. The van der Waals surface area contributed by atoms with Crippen molar-refractivity contribution in [2.24, 2.45) is 41.4 Å². The van der Waals surface area contributed by atoms with Gasteiger partial charge in [0.15, 0.2) is 0 Å². The fraction of sp³-hybridized carbons (Fsp3) is 0.931. The van der Waals surface area contributed by atoms with Crippen molar-refractivity contribution in [3.63, 3.8) is 0 Å². The van der Waals surface area contributed by atoms with Crippen LogP contribution < -0.4 is 0 Å². The number of hydrogen-bond donors (Lipinski definition) is 0. The normalized spacial score (nSPS) is 13.1. The average molecular weight is 936 g/mol. The molecule has 0 amide bonds. The Morgan fingerprint density at radius 1 is 0.303 bits per heavy atom. The minimum absolute atomic E-state index is 0.0383. The summed E-state index contributed by atoms with van der Waals surface area (Å²) in [6.45, 7) is 21.0. The van der Waals surface area contributed by atoms with E-state index >= 15 is 0 Å². The first-order valence-corrected chi connectivity index (χ1v) is 28.4. The Labute approximate surface area is 409 Å². The standard InChI is InChI=1S/C58H110O8/c1-48(2)38-30-22-14-10-18-26-34-42-63-55(59)47-53(57(61)65-44-36-28-20-12-16-24-32-40-50(5)6)46-54(58(62)66-45-37-29-21-13-17-25-33-41-51(7)8)52(9)56(60)64-43-35-27-19-11-15-23-31-39-49(3)4/h48-54H,10-47H2,1-9H3. The average Bonchev–Trinajstić information content (AvgIpc) is 3.26. The van der Waals surface area contributed by atoms with Gasteiger partial charge in [-0.15, -0.1) is 0 Å². The molecule has 0 aromatic carbocycles. The molecule has 8 nitrogen and oxygen atoms in total. The Bertz CT molecular complexity index is 1130. The van der Waals surface area contributed by atoms with Crippen LogP contribution in [0.4, 0.5) is 0 Å². The molecule has 0 heterocycles. The molecular weight excluding hydrogens is 825 g/mol. The molecule has 390 valence electrons. The van der Waals surface area contributed by atoms with Crippen molar-refractivity contribution < 1.29 is 38.1 Å². The Balaban J connectivity index is 5.54. The maximum atomic E-state index is 13.9. The van der Waals surface area contributed by atoms with E-state index in [1.807, 2.05) is 0 Å². The second-order valence-electron chi connectivity index (χ2n) is 21.9. The topological polar surface area (TPSA) is 105 Å². The van der Waals surface area contributed by atoms with E-state index in [4.69, 9.17) is 18.9 Å². The number of rotatable bonds is 48. The number of carbonyl (C=O) groups is 4. The molecule has 0 N–H and O–H groups in total. The van der Waals surface area contributed by atoms with E-state index in [2.05, 4.69) is 55.4 Å². The number of carbonyl (C=O) groups excluding carboxylic acids is 4. The molecule has 0 fully saturated rings. The summed E-state index contributed by atoms with van der Waals surface area (Å²) in [7, 11) is 0. The molecule has 0 aliphatic rings. The molecule has 3 atom stereocenters. The van der Waals surface area contributed by atoms with Gasteiger partial charge in [0.05, 0.1) is 50.6 Å². The first kappa shape index (κ1) is 63.9. The summed E-state index contributed by atoms with van der Waals surface area (Å²) in [4.78, 5) is 54.6. The Morgan fingerprint density at radius 2 is 0.561 bits per heavy atom. The highest BCUT2D eigenvalue weighted by Gasteiger charge is 2.38. The van der Waals surface area contributed by atoms with E-state index in [1.54, 1.807) is 6.92 Å². The quantitative estimate of drug-likeness (QED) is 0.0337. The Morgan fingerprint density at radius 3 is 0.879 bits per heavy atom. The van der Waals surface area contributed by atoms with Crippen LogP contribution in [0.3, 0.4) is 0 Å². The summed E-state index contributed by atoms with van der Waals surface area (Å²) in [5, 5.41) is 0. The Kier molecular flexibility index (Phi) is 43.9. The van der Waals surface area contributed by atoms with E-state index < -0.39 is 41.6 Å². The first-order valence-electron chi connectivity index (χ1n) is 28.4. The third-order valence-corrected chi connectivity index (χ3v) is 13.3. The van der Waals surface area contributed by atoms with Crippen LogP contribution in [-0.4, -0.2) is 50.3 Å². The van der Waals surface area contributed by atoms with Crippen molar-refractivity contribution in [2.75, 3.05) is 26.4 Å². The predicted molar refractivity (Wildman–Crippen MR) is 276 cm³/mol. The monoisotopic (exact) mass is 935 g/mol. The molecule has 0 radical (unpaired) electrons. The summed E-state index contributed by atoms with van der Waals surface area (Å²) in [5.74, 6) is -1.71. The van der Waals surface area contributed by atoms with Crippen LogP contribution in [0.15, 0.2) is 0 Å². The highest BCUT2D eigenvalue weighted by Crippen LogP contribution is 2.28. The summed E-state index contributed by atoms with van der Waals surface area (Å²) < 4.78 is 23.1. The molecule has 0 aliphatic heterocycles. The van der Waals surface area contributed by atoms with E-state index in [9.17, 15) is 19.2 Å². The second kappa shape index (κ2) is 45.3. The van der Waals surface area contributed by atoms with Crippen molar-refractivity contribution in [1.82, 2.24) is 0 Å². The SMILES string of the molecule is CC(C)CCCCCCCCCOC(=O)CC(CC(C(=O)OCCCCCCCCCC(C)C)C(C)C(=O)OCCCCCCCCCC(C)C)C(=O)OCCCCCCCCCC(C)C. The van der Waals surface area contributed by atoms with Gasteiger partial charge in [0.2, 0.25) is 0 Å².